The molecule has 0 aliphatic rings. The Balaban J connectivity index is 0.000000271. The molecule has 3 N–H and O–H groups in total. The van der Waals surface area contributed by atoms with E-state index in [0.29, 0.717) is 29.9 Å². The molecule has 13 aromatic rings. The molecule has 131 heavy (non-hydrogen) atoms. The topological polar surface area (TPSA) is 203 Å². The molecule has 0 atom stereocenters. The van der Waals surface area contributed by atoms with E-state index in [4.69, 9.17) is 15.6 Å². The number of aromatic nitrogens is 7. The van der Waals surface area contributed by atoms with Gasteiger partial charge in [0.05, 0.1) is 29.9 Å². The summed E-state index contributed by atoms with van der Waals surface area (Å²) in [5.74, 6) is 0.844. The largest absolute Gasteiger partial charge is 0.384 e. The second kappa shape index (κ2) is 59.9. The van der Waals surface area contributed by atoms with Crippen LogP contribution >= 0.6 is 79.0 Å². The van der Waals surface area contributed by atoms with Gasteiger partial charge in [0.2, 0.25) is 0 Å². The summed E-state index contributed by atoms with van der Waals surface area (Å²) >= 11 is 9.39. The zero-order chi connectivity index (χ0) is 96.9. The van der Waals surface area contributed by atoms with Gasteiger partial charge in [-0.1, -0.05) is 105 Å². The molecule has 0 radical (unpaired) electrons. The number of imidazole rings is 3. The second-order valence-corrected chi connectivity index (χ2v) is 51.7. The summed E-state index contributed by atoms with van der Waals surface area (Å²) in [6.45, 7) is 27.4. The summed E-state index contributed by atoms with van der Waals surface area (Å²) in [7, 11) is 22.6. The summed E-state index contributed by atoms with van der Waals surface area (Å²) in [6, 6.07) is 65.0. The van der Waals surface area contributed by atoms with Crippen LogP contribution in [0.25, 0.3) is 50.7 Å². The van der Waals surface area contributed by atoms with Gasteiger partial charge in [-0.25, -0.2) is 15.0 Å². The van der Waals surface area contributed by atoms with Gasteiger partial charge in [-0.15, -0.1) is 0 Å². The Bertz CT molecular complexity index is 5270. The van der Waals surface area contributed by atoms with Gasteiger partial charge in [-0.05, 0) is 209 Å². The molecule has 0 bridgehead atoms. The number of nitrogen functional groups attached to an aromatic ring is 1. The Morgan fingerprint density at radius 3 is 1.07 bits per heavy atom. The minimum Gasteiger partial charge on any atom is -0.384 e. The monoisotopic (exact) mass is 2210 g/mol. The molecule has 13 rings (SSSR count). The molecule has 7 heterocycles. The Labute approximate surface area is 826 Å². The van der Waals surface area contributed by atoms with E-state index in [-0.39, 0.29) is 21.1 Å². The third-order valence-corrected chi connectivity index (χ3v) is 39.9. The predicted molar refractivity (Wildman–Crippen MR) is 582 cm³/mol. The van der Waals surface area contributed by atoms with Crippen LogP contribution in [0.1, 0.15) is 143 Å². The van der Waals surface area contributed by atoms with Gasteiger partial charge in [0.1, 0.15) is 20.8 Å². The molecule has 0 amide bonds. The Hall–Kier alpha value is -8.61. The fraction of sp³-hybridized carbons (Fsp3) is 0.375. The van der Waals surface area contributed by atoms with Gasteiger partial charge in [-0.2, -0.15) is 0 Å². The van der Waals surface area contributed by atoms with E-state index < -0.39 is 27.0 Å². The zero-order valence-corrected chi connectivity index (χ0v) is 92.2. The fourth-order valence-corrected chi connectivity index (χ4v) is 31.1. The molecule has 0 aliphatic heterocycles. The number of rotatable bonds is 31. The van der Waals surface area contributed by atoms with E-state index in [1.807, 2.05) is 197 Å². The van der Waals surface area contributed by atoms with Gasteiger partial charge >= 0.3 is 203 Å². The van der Waals surface area contributed by atoms with Gasteiger partial charge in [-0.3, -0.25) is 14.4 Å². The van der Waals surface area contributed by atoms with Gasteiger partial charge < -0.3 is 57.9 Å². The average Bonchev–Trinajstić information content (AvgIpc) is 1.70. The van der Waals surface area contributed by atoms with Crippen LogP contribution in [0.4, 0.5) is 39.9 Å². The number of aryl methyl sites for hydroxylation is 2. The second-order valence-electron chi connectivity index (χ2n) is 32.6. The van der Waals surface area contributed by atoms with Crippen LogP contribution in [0.3, 0.4) is 0 Å². The van der Waals surface area contributed by atoms with Crippen molar-refractivity contribution in [3.05, 3.63) is 269 Å². The molecule has 0 unspecified atom stereocenters. The van der Waals surface area contributed by atoms with Crippen molar-refractivity contribution < 1.29 is 28.3 Å². The quantitative estimate of drug-likeness (QED) is 0.0136. The molecular weight excluding hydrogens is 2070 g/mol. The first-order valence-electron chi connectivity index (χ1n) is 44.8. The zero-order valence-electron chi connectivity index (χ0n) is 81.5. The van der Waals surface area contributed by atoms with E-state index >= 15 is 0 Å². The van der Waals surface area contributed by atoms with Gasteiger partial charge in [0.25, 0.3) is 0 Å². The number of hydrogen-bond acceptors (Lipinski definition) is 18. The van der Waals surface area contributed by atoms with Crippen molar-refractivity contribution in [1.29, 1.82) is 0 Å². The van der Waals surface area contributed by atoms with Crippen LogP contribution in [-0.2, 0) is 9.05 Å². The number of carbonyl (C=O) groups is 3. The average molecular weight is 2210 g/mol. The summed E-state index contributed by atoms with van der Waals surface area (Å²) in [5, 5.41) is 0.383. The number of Topliss-reactive ketones (excluding diaryl/α,β-unsaturated/α-hetero) is 3. The van der Waals surface area contributed by atoms with E-state index in [2.05, 4.69) is 324 Å². The predicted octanol–water partition coefficient (Wildman–Crippen LogP) is 25.1. The first-order chi connectivity index (χ1) is 62.5. The Kier molecular flexibility index (Phi) is 51.6. The van der Waals surface area contributed by atoms with Gasteiger partial charge in [0, 0.05) is 161 Å². The molecule has 27 heteroatoms. The van der Waals surface area contributed by atoms with Crippen LogP contribution < -0.4 is 38.7 Å². The number of fused-ring (bicyclic) bond motifs is 3. The van der Waals surface area contributed by atoms with Crippen molar-refractivity contribution in [2.24, 2.45) is 0 Å². The van der Waals surface area contributed by atoms with Gasteiger partial charge in [0.15, 0.2) is 17.3 Å². The standard InChI is InChI=1S/C16H17N3.C15H14IN3.C15H14N3.C10H11Br2NO.C10H12BrNO.C10H13NO.C6H8N2.C6H15N.C4H11O3P.3C4H9.Sn/c1-12-4-9-16-17-15(11-19(16)10-12)13-5-7-14(8-6-13)18(2)3;1-18(2)13-6-3-11(4-7-13)14-10-19-9-12(16)5-8-15(19)17-14;1-17(2)13-8-6-12(7-9-13)14-11-18-10-4-3-5-15(18)16-14;1-13(2)8-5-3-7(4-6-8)9(14)10(11)12;1-12(2)9-5-3-8(4-6-9)10(13)7-11;1-8(12)9-4-6-10(7-5-9)11(2)3;1-5-2-3-6(7)8-4-5;1-4-7(5-2)6-3;1-3-6-8(5)7-4-2;3*1-3-4-2;/h4-11H,1-3H3;3-10H,1-2H3;3,5-11H,1-2H3;3-6,10H,1-2H3;3-6H,7H2,1-2H3;4-7H,1-3H3;2-4H,1H3,(H2,7,8);4-6H2,1-3H3;5H,3-4H2,1-2H3;3*1,3-4H2,2H3;/i;16-2;;;;;;;;;;;. The number of carbonyl (C=O) groups excluding carboxylic acids is 3. The molecule has 0 fully saturated rings. The number of unbranched alkanes of at least 4 members (excludes halogenated alkanes) is 3. The maximum atomic E-state index is 11.5. The van der Waals surface area contributed by atoms with Crippen molar-refractivity contribution in [3.8, 4) is 33.8 Å². The summed E-state index contributed by atoms with van der Waals surface area (Å²) < 4.78 is 22.9. The smallest absolute Gasteiger partial charge is 0.329 e. The van der Waals surface area contributed by atoms with E-state index in [9.17, 15) is 14.4 Å². The number of anilines is 7. The molecule has 0 saturated heterocycles. The number of alkyl halides is 3. The fourth-order valence-electron chi connectivity index (χ4n) is 13.4. The van der Waals surface area contributed by atoms with Crippen LogP contribution in [0, 0.1) is 17.4 Å². The number of benzene rings is 6. The molecule has 0 aliphatic carbocycles. The van der Waals surface area contributed by atoms with Crippen molar-refractivity contribution in [2.75, 3.05) is 158 Å². The number of pyridine rings is 4. The Morgan fingerprint density at radius 2 is 0.763 bits per heavy atom. The number of halogens is 4. The van der Waals surface area contributed by atoms with Crippen LogP contribution in [-0.4, -0.2) is 205 Å². The van der Waals surface area contributed by atoms with Crippen molar-refractivity contribution in [2.45, 2.75) is 132 Å². The normalized spacial score (nSPS) is 10.7. The number of nitrogens with zero attached hydrogens (tertiary/aromatic N) is 14. The number of ketones is 3. The molecule has 0 spiro atoms. The third kappa shape index (κ3) is 38.7. The first kappa shape index (κ1) is 113. The van der Waals surface area contributed by atoms with Crippen molar-refractivity contribution in [1.82, 2.24) is 38.0 Å². The molecule has 7 aromatic heterocycles. The van der Waals surface area contributed by atoms with Crippen LogP contribution in [0.15, 0.2) is 238 Å². The first-order valence-corrected chi connectivity index (χ1v) is 57.5. The molecular formula is C104H142Br3IN15O6PSn. The van der Waals surface area contributed by atoms with Crippen molar-refractivity contribution >= 4 is 175 Å². The number of nitrogens with two attached hydrogens (primary N) is 1. The summed E-state index contributed by atoms with van der Waals surface area (Å²) in [6.07, 6.45) is 22.9. The SMILES string of the molecule is CC(=O)c1ccc(N(C)C)cc1.CCC[CH2][Sn]([CH2]CCC)([CH2]CCC)[c]1ccc2nc(-c3ccc(N(C)C)cc3)cn2c1.CCN(CC)CC.CCOP(O)OCC.CN(C)c1ccc(-c2cn3cc([125I])ccc3n2)cc1.CN(C)c1ccc(C(=O)C(Br)Br)cc1.CN(C)c1ccc(C(=O)CBr)cc1.Cc1ccc(N)nc1.Cc1ccc2nc(-c3ccc(N(C)C)cc3)cn2c1. The Morgan fingerprint density at radius 1 is 0.435 bits per heavy atom. The minimum atomic E-state index is -2.42. The van der Waals surface area contributed by atoms with E-state index in [0.717, 1.165) is 78.9 Å². The molecule has 6 aromatic carbocycles. The summed E-state index contributed by atoms with van der Waals surface area (Å²) in [5.41, 5.74) is 26.4. The molecule has 706 valence electrons. The van der Waals surface area contributed by atoms with Crippen LogP contribution in [0.5, 0.6) is 0 Å². The molecule has 0 saturated carbocycles. The van der Waals surface area contributed by atoms with Crippen LogP contribution in [0.2, 0.25) is 13.3 Å². The minimum absolute atomic E-state index is 0.0373. The maximum absolute atomic E-state index is 11.5. The van der Waals surface area contributed by atoms with E-state index in [1.54, 1.807) is 22.8 Å². The van der Waals surface area contributed by atoms with Crippen molar-refractivity contribution in [3.63, 3.8) is 0 Å². The molecule has 21 nitrogen and oxygen atoms in total. The summed E-state index contributed by atoms with van der Waals surface area (Å²) in [4.78, 5) is 75.1. The maximum Gasteiger partial charge on any atom is 0.329 e. The number of hydrogen-bond donors (Lipinski definition) is 2. The third-order valence-electron chi connectivity index (χ3n) is 21.4. The van der Waals surface area contributed by atoms with E-state index in [1.165, 1.54) is 103 Å².